The summed E-state index contributed by atoms with van der Waals surface area (Å²) in [6, 6.07) is 18.2. The van der Waals surface area contributed by atoms with E-state index >= 15 is 0 Å². The van der Waals surface area contributed by atoms with Crippen molar-refractivity contribution in [1.82, 2.24) is 0 Å². The SMILES string of the molecule is CC(=C1SCSCS1)c1ccc(Oc2ccccc2)cc1. The zero-order valence-electron chi connectivity index (χ0n) is 11.7. The molecule has 3 rings (SSSR count). The smallest absolute Gasteiger partial charge is 0.127 e. The van der Waals surface area contributed by atoms with Crippen molar-refractivity contribution in [3.05, 3.63) is 64.4 Å². The number of rotatable bonds is 3. The molecule has 0 atom stereocenters. The molecule has 0 radical (unpaired) electrons. The number of hydrogen-bond donors (Lipinski definition) is 0. The molecule has 2 aromatic carbocycles. The normalized spacial score (nSPS) is 14.8. The fraction of sp³-hybridized carbons (Fsp3) is 0.176. The lowest BCUT2D eigenvalue weighted by Gasteiger charge is -2.16. The van der Waals surface area contributed by atoms with Crippen LogP contribution in [0, 0.1) is 0 Å². The lowest BCUT2D eigenvalue weighted by atomic mass is 10.1. The maximum Gasteiger partial charge on any atom is 0.127 e. The molecule has 1 nitrogen and oxygen atoms in total. The van der Waals surface area contributed by atoms with Crippen molar-refractivity contribution in [2.24, 2.45) is 0 Å². The van der Waals surface area contributed by atoms with E-state index in [4.69, 9.17) is 4.74 Å². The Morgan fingerprint density at radius 3 is 2.14 bits per heavy atom. The summed E-state index contributed by atoms with van der Waals surface area (Å²) < 4.78 is 7.28. The van der Waals surface area contributed by atoms with Crippen LogP contribution < -0.4 is 4.74 Å². The van der Waals surface area contributed by atoms with Crippen LogP contribution in [0.15, 0.2) is 58.8 Å². The van der Waals surface area contributed by atoms with Crippen LogP contribution in [-0.4, -0.2) is 10.2 Å². The highest BCUT2D eigenvalue weighted by atomic mass is 32.3. The summed E-state index contributed by atoms with van der Waals surface area (Å²) in [5.74, 6) is 1.75. The Kier molecular flexibility index (Phi) is 5.22. The van der Waals surface area contributed by atoms with Gasteiger partial charge >= 0.3 is 0 Å². The summed E-state index contributed by atoms with van der Waals surface area (Å²) in [6.45, 7) is 2.21. The topological polar surface area (TPSA) is 9.23 Å². The van der Waals surface area contributed by atoms with E-state index in [2.05, 4.69) is 19.1 Å². The van der Waals surface area contributed by atoms with Gasteiger partial charge in [0.15, 0.2) is 0 Å². The highest BCUT2D eigenvalue weighted by Crippen LogP contribution is 2.43. The van der Waals surface area contributed by atoms with Gasteiger partial charge in [0.05, 0.1) is 0 Å². The molecule has 21 heavy (non-hydrogen) atoms. The molecule has 0 bridgehead atoms. The fourth-order valence-electron chi connectivity index (χ4n) is 2.00. The molecular formula is C17H16OS3. The van der Waals surface area contributed by atoms with Crippen molar-refractivity contribution in [1.29, 1.82) is 0 Å². The van der Waals surface area contributed by atoms with E-state index in [1.165, 1.54) is 15.4 Å². The second kappa shape index (κ2) is 7.34. The Labute approximate surface area is 138 Å². The molecule has 0 amide bonds. The molecular weight excluding hydrogens is 316 g/mol. The standard InChI is InChI=1S/C17H16OS3/c1-13(17-20-11-19-12-21-17)14-7-9-16(10-8-14)18-15-5-3-2-4-6-15/h2-10H,11-12H2,1H3. The summed E-state index contributed by atoms with van der Waals surface area (Å²) >= 11 is 5.88. The van der Waals surface area contributed by atoms with Gasteiger partial charge in [0.25, 0.3) is 0 Å². The van der Waals surface area contributed by atoms with Crippen LogP contribution in [0.2, 0.25) is 0 Å². The first kappa shape index (κ1) is 14.9. The quantitative estimate of drug-likeness (QED) is 0.652. The van der Waals surface area contributed by atoms with Crippen LogP contribution in [0.3, 0.4) is 0 Å². The fourth-order valence-corrected chi connectivity index (χ4v) is 6.27. The van der Waals surface area contributed by atoms with Crippen molar-refractivity contribution in [2.45, 2.75) is 6.92 Å². The van der Waals surface area contributed by atoms with Crippen LogP contribution in [0.5, 0.6) is 11.5 Å². The molecule has 0 N–H and O–H groups in total. The molecule has 1 heterocycles. The third-order valence-electron chi connectivity index (χ3n) is 3.12. The average Bonchev–Trinajstić information content (AvgIpc) is 2.57. The van der Waals surface area contributed by atoms with Crippen LogP contribution >= 0.6 is 35.3 Å². The minimum atomic E-state index is 0.871. The summed E-state index contributed by atoms with van der Waals surface area (Å²) in [7, 11) is 0. The maximum atomic E-state index is 5.83. The van der Waals surface area contributed by atoms with Gasteiger partial charge in [-0.25, -0.2) is 0 Å². The molecule has 0 aliphatic carbocycles. The average molecular weight is 333 g/mol. The summed E-state index contributed by atoms with van der Waals surface area (Å²) in [5.41, 5.74) is 2.65. The number of benzene rings is 2. The van der Waals surface area contributed by atoms with Crippen molar-refractivity contribution in [2.75, 3.05) is 10.2 Å². The lowest BCUT2D eigenvalue weighted by molar-refractivity contribution is 0.482. The third kappa shape index (κ3) is 4.02. The number of hydrogen-bond acceptors (Lipinski definition) is 4. The van der Waals surface area contributed by atoms with Crippen molar-refractivity contribution in [3.63, 3.8) is 0 Å². The Balaban J connectivity index is 1.75. The van der Waals surface area contributed by atoms with Crippen LogP contribution in [0.1, 0.15) is 12.5 Å². The van der Waals surface area contributed by atoms with Gasteiger partial charge in [-0.3, -0.25) is 0 Å². The van der Waals surface area contributed by atoms with Gasteiger partial charge in [0.2, 0.25) is 0 Å². The molecule has 1 aliphatic heterocycles. The van der Waals surface area contributed by atoms with Crippen LogP contribution in [0.25, 0.3) is 5.57 Å². The van der Waals surface area contributed by atoms with Gasteiger partial charge in [-0.05, 0) is 42.3 Å². The molecule has 4 heteroatoms. The monoisotopic (exact) mass is 332 g/mol. The molecule has 0 spiro atoms. The van der Waals surface area contributed by atoms with E-state index in [-0.39, 0.29) is 0 Å². The predicted octanol–water partition coefficient (Wildman–Crippen LogP) is 6.30. The van der Waals surface area contributed by atoms with Gasteiger partial charge in [0, 0.05) is 14.4 Å². The van der Waals surface area contributed by atoms with Crippen molar-refractivity contribution in [3.8, 4) is 11.5 Å². The highest BCUT2D eigenvalue weighted by Gasteiger charge is 2.11. The first-order valence-electron chi connectivity index (χ1n) is 6.70. The van der Waals surface area contributed by atoms with Gasteiger partial charge in [-0.2, -0.15) is 0 Å². The maximum absolute atomic E-state index is 5.83. The number of ether oxygens (including phenoxy) is 1. The summed E-state index contributed by atoms with van der Waals surface area (Å²) in [6.07, 6.45) is 0. The van der Waals surface area contributed by atoms with E-state index in [0.717, 1.165) is 21.7 Å². The highest BCUT2D eigenvalue weighted by molar-refractivity contribution is 8.36. The Bertz CT molecular complexity index is 612. The zero-order valence-corrected chi connectivity index (χ0v) is 14.2. The van der Waals surface area contributed by atoms with Gasteiger partial charge in [-0.1, -0.05) is 30.3 Å². The van der Waals surface area contributed by atoms with E-state index in [9.17, 15) is 0 Å². The van der Waals surface area contributed by atoms with Crippen LogP contribution in [0.4, 0.5) is 0 Å². The Morgan fingerprint density at radius 1 is 0.857 bits per heavy atom. The third-order valence-corrected chi connectivity index (χ3v) is 7.24. The molecule has 1 saturated heterocycles. The van der Waals surface area contributed by atoms with Crippen molar-refractivity contribution >= 4 is 40.9 Å². The van der Waals surface area contributed by atoms with Gasteiger partial charge < -0.3 is 4.74 Å². The van der Waals surface area contributed by atoms with E-state index in [0.29, 0.717) is 0 Å². The molecule has 1 aliphatic rings. The minimum absolute atomic E-state index is 0.871. The summed E-state index contributed by atoms with van der Waals surface area (Å²) in [4.78, 5) is 0. The largest absolute Gasteiger partial charge is 0.457 e. The van der Waals surface area contributed by atoms with Crippen molar-refractivity contribution < 1.29 is 4.74 Å². The molecule has 0 aromatic heterocycles. The first-order valence-corrected chi connectivity index (χ1v) is 9.83. The molecule has 0 saturated carbocycles. The van der Waals surface area contributed by atoms with Gasteiger partial charge in [0.1, 0.15) is 11.5 Å². The number of para-hydroxylation sites is 1. The lowest BCUT2D eigenvalue weighted by Crippen LogP contribution is -1.90. The number of thioether (sulfide) groups is 3. The molecule has 1 fully saturated rings. The van der Waals surface area contributed by atoms with Gasteiger partial charge in [-0.15, -0.1) is 35.3 Å². The Morgan fingerprint density at radius 2 is 1.48 bits per heavy atom. The first-order chi connectivity index (χ1) is 10.3. The Hall–Kier alpha value is -0.970. The minimum Gasteiger partial charge on any atom is -0.457 e. The number of allylic oxidation sites excluding steroid dienone is 1. The second-order valence-corrected chi connectivity index (χ2v) is 8.53. The van der Waals surface area contributed by atoms with Crippen LogP contribution in [-0.2, 0) is 0 Å². The van der Waals surface area contributed by atoms with E-state index < -0.39 is 0 Å². The van der Waals surface area contributed by atoms with E-state index in [1.807, 2.05) is 77.8 Å². The molecule has 108 valence electrons. The van der Waals surface area contributed by atoms with E-state index in [1.54, 1.807) is 0 Å². The molecule has 0 unspecified atom stereocenters. The molecule has 2 aromatic rings. The summed E-state index contributed by atoms with van der Waals surface area (Å²) in [5, 5.41) is 2.32. The second-order valence-electron chi connectivity index (χ2n) is 4.58. The predicted molar refractivity (Wildman–Crippen MR) is 98.1 cm³/mol. The zero-order chi connectivity index (χ0) is 14.5.